The van der Waals surface area contributed by atoms with Crippen molar-refractivity contribution < 1.29 is 22.0 Å². The van der Waals surface area contributed by atoms with Crippen LogP contribution in [0.25, 0.3) is 11.2 Å². The zero-order valence-corrected chi connectivity index (χ0v) is 17.7. The number of alkyl halides is 5. The highest BCUT2D eigenvalue weighted by Gasteiger charge is 2.55. The Balaban J connectivity index is 1.33. The lowest BCUT2D eigenvalue weighted by atomic mass is 9.69. The topological polar surface area (TPSA) is 75.9 Å². The first-order chi connectivity index (χ1) is 15.7. The van der Waals surface area contributed by atoms with Gasteiger partial charge in [0.1, 0.15) is 17.9 Å². The Kier molecular flexibility index (Phi) is 5.09. The molecule has 2 fully saturated rings. The Bertz CT molecular complexity index is 1150. The van der Waals surface area contributed by atoms with Crippen molar-refractivity contribution >= 4 is 22.7 Å². The van der Waals surface area contributed by atoms with Gasteiger partial charge in [0.15, 0.2) is 5.65 Å². The molecule has 3 aromatic heterocycles. The number of nitrogens with zero attached hydrogens (tertiary/aromatic N) is 8. The second-order valence-corrected chi connectivity index (χ2v) is 8.50. The van der Waals surface area contributed by atoms with E-state index in [9.17, 15) is 22.0 Å². The predicted molar refractivity (Wildman–Crippen MR) is 109 cm³/mol. The number of hydrogen-bond donors (Lipinski definition) is 0. The summed E-state index contributed by atoms with van der Waals surface area (Å²) < 4.78 is 65.1. The standard InChI is InChI=1S/C20H21F5N8/c1-2-14-19(11-32(14)12-5-27-18(28-6-12)20(23,24)25)3-4-31(10-19)16-8-26-13-7-29-33(9-15(21)22)17(13)30-16/h5-8,14-15H,2-4,9-11H2,1H3. The van der Waals surface area contributed by atoms with Gasteiger partial charge >= 0.3 is 6.18 Å². The molecule has 0 aliphatic carbocycles. The Morgan fingerprint density at radius 2 is 1.85 bits per heavy atom. The lowest BCUT2D eigenvalue weighted by molar-refractivity contribution is -0.145. The molecule has 0 N–H and O–H groups in total. The van der Waals surface area contributed by atoms with Gasteiger partial charge in [0.25, 0.3) is 6.43 Å². The summed E-state index contributed by atoms with van der Waals surface area (Å²) in [4.78, 5) is 20.0. The van der Waals surface area contributed by atoms with E-state index in [0.717, 1.165) is 24.1 Å². The zero-order chi connectivity index (χ0) is 23.4. The summed E-state index contributed by atoms with van der Waals surface area (Å²) in [7, 11) is 0. The van der Waals surface area contributed by atoms with Crippen molar-refractivity contribution in [2.75, 3.05) is 29.4 Å². The third-order valence-electron chi connectivity index (χ3n) is 6.53. The molecule has 0 radical (unpaired) electrons. The number of anilines is 2. The summed E-state index contributed by atoms with van der Waals surface area (Å²) in [5.74, 6) is -0.553. The van der Waals surface area contributed by atoms with E-state index in [2.05, 4.69) is 29.9 Å². The van der Waals surface area contributed by atoms with Crippen molar-refractivity contribution in [1.29, 1.82) is 0 Å². The van der Waals surface area contributed by atoms with Crippen LogP contribution in [0.2, 0.25) is 0 Å². The Hall–Kier alpha value is -3.12. The molecule has 33 heavy (non-hydrogen) atoms. The van der Waals surface area contributed by atoms with E-state index in [-0.39, 0.29) is 11.5 Å². The van der Waals surface area contributed by atoms with Gasteiger partial charge in [0.2, 0.25) is 5.82 Å². The minimum absolute atomic E-state index is 0.0582. The van der Waals surface area contributed by atoms with Crippen molar-refractivity contribution in [2.24, 2.45) is 5.41 Å². The molecule has 176 valence electrons. The number of rotatable bonds is 5. The molecular formula is C20H21F5N8. The molecule has 13 heteroatoms. The van der Waals surface area contributed by atoms with Crippen molar-refractivity contribution in [3.63, 3.8) is 0 Å². The van der Waals surface area contributed by atoms with E-state index >= 15 is 0 Å². The summed E-state index contributed by atoms with van der Waals surface area (Å²) in [6.07, 6.45) is 0.0511. The number of hydrogen-bond acceptors (Lipinski definition) is 7. The van der Waals surface area contributed by atoms with Crippen LogP contribution in [0.15, 0.2) is 24.8 Å². The highest BCUT2D eigenvalue weighted by Crippen LogP contribution is 2.49. The molecule has 1 spiro atoms. The van der Waals surface area contributed by atoms with E-state index in [1.165, 1.54) is 18.6 Å². The van der Waals surface area contributed by atoms with Gasteiger partial charge in [-0.2, -0.15) is 18.3 Å². The van der Waals surface area contributed by atoms with Crippen LogP contribution in [0, 0.1) is 5.41 Å². The van der Waals surface area contributed by atoms with Crippen molar-refractivity contribution in [3.05, 3.63) is 30.6 Å². The Morgan fingerprint density at radius 1 is 1.09 bits per heavy atom. The molecule has 0 bridgehead atoms. The minimum Gasteiger partial charge on any atom is -0.365 e. The third-order valence-corrected chi connectivity index (χ3v) is 6.53. The highest BCUT2D eigenvalue weighted by atomic mass is 19.4. The second-order valence-electron chi connectivity index (χ2n) is 8.50. The molecule has 5 heterocycles. The number of halogens is 5. The molecule has 3 aromatic rings. The first kappa shape index (κ1) is 21.7. The van der Waals surface area contributed by atoms with E-state index in [0.29, 0.717) is 35.8 Å². The van der Waals surface area contributed by atoms with Crippen molar-refractivity contribution in [1.82, 2.24) is 29.7 Å². The fourth-order valence-electron chi connectivity index (χ4n) is 5.06. The Labute approximate surface area is 185 Å². The maximum Gasteiger partial charge on any atom is 0.451 e. The molecule has 2 aliphatic heterocycles. The summed E-state index contributed by atoms with van der Waals surface area (Å²) in [6, 6.07) is 0.115. The molecular weight excluding hydrogens is 447 g/mol. The van der Waals surface area contributed by atoms with E-state index in [1.54, 1.807) is 6.20 Å². The summed E-state index contributed by atoms with van der Waals surface area (Å²) >= 11 is 0. The fourth-order valence-corrected chi connectivity index (χ4v) is 5.06. The van der Waals surface area contributed by atoms with Crippen LogP contribution >= 0.6 is 0 Å². The van der Waals surface area contributed by atoms with Gasteiger partial charge in [-0.25, -0.2) is 33.4 Å². The fraction of sp³-hybridized carbons (Fsp3) is 0.550. The largest absolute Gasteiger partial charge is 0.451 e. The summed E-state index contributed by atoms with van der Waals surface area (Å²) in [6.45, 7) is 3.56. The summed E-state index contributed by atoms with van der Waals surface area (Å²) in [5, 5.41) is 3.95. The van der Waals surface area contributed by atoms with Gasteiger partial charge in [-0.15, -0.1) is 0 Å². The zero-order valence-electron chi connectivity index (χ0n) is 17.7. The normalized spacial score (nSPS) is 23.2. The van der Waals surface area contributed by atoms with Crippen LogP contribution in [0.1, 0.15) is 25.6 Å². The average Bonchev–Trinajstić information content (AvgIpc) is 3.37. The lowest BCUT2D eigenvalue weighted by Crippen LogP contribution is -2.65. The number of fused-ring (bicyclic) bond motifs is 1. The van der Waals surface area contributed by atoms with Crippen LogP contribution < -0.4 is 9.80 Å². The quantitative estimate of drug-likeness (QED) is 0.532. The smallest absolute Gasteiger partial charge is 0.365 e. The molecule has 5 rings (SSSR count). The maximum atomic E-state index is 12.8. The molecule has 2 unspecified atom stereocenters. The van der Waals surface area contributed by atoms with Crippen molar-refractivity contribution in [2.45, 2.75) is 45.0 Å². The van der Waals surface area contributed by atoms with Gasteiger partial charge in [0.05, 0.1) is 30.5 Å². The Morgan fingerprint density at radius 3 is 2.52 bits per heavy atom. The van der Waals surface area contributed by atoms with Crippen molar-refractivity contribution in [3.8, 4) is 0 Å². The first-order valence-electron chi connectivity index (χ1n) is 10.6. The second kappa shape index (κ2) is 7.73. The molecule has 8 nitrogen and oxygen atoms in total. The lowest BCUT2D eigenvalue weighted by Gasteiger charge is -2.57. The number of aromatic nitrogens is 6. The molecule has 2 aliphatic rings. The van der Waals surface area contributed by atoms with E-state index in [1.807, 2.05) is 11.8 Å². The average molecular weight is 468 g/mol. The maximum absolute atomic E-state index is 12.8. The van der Waals surface area contributed by atoms with Crippen LogP contribution in [-0.4, -0.2) is 61.8 Å². The predicted octanol–water partition coefficient (Wildman–Crippen LogP) is 3.40. The van der Waals surface area contributed by atoms with Gasteiger partial charge in [-0.05, 0) is 12.8 Å². The third kappa shape index (κ3) is 3.72. The van der Waals surface area contributed by atoms with E-state index < -0.39 is 25.0 Å². The van der Waals surface area contributed by atoms with Crippen LogP contribution in [0.4, 0.5) is 33.5 Å². The highest BCUT2D eigenvalue weighted by molar-refractivity contribution is 5.71. The molecule has 2 saturated heterocycles. The van der Waals surface area contributed by atoms with E-state index in [4.69, 9.17) is 0 Å². The monoisotopic (exact) mass is 468 g/mol. The molecule has 2 atom stereocenters. The summed E-state index contributed by atoms with van der Waals surface area (Å²) in [5.41, 5.74) is 1.28. The first-order valence-corrected chi connectivity index (χ1v) is 10.6. The molecule has 0 saturated carbocycles. The van der Waals surface area contributed by atoms with Gasteiger partial charge in [-0.1, -0.05) is 6.92 Å². The molecule has 0 amide bonds. The van der Waals surface area contributed by atoms with Gasteiger partial charge < -0.3 is 9.80 Å². The van der Waals surface area contributed by atoms with Gasteiger partial charge in [0, 0.05) is 31.1 Å². The van der Waals surface area contributed by atoms with Crippen LogP contribution in [0.3, 0.4) is 0 Å². The SMILES string of the molecule is CCC1N(c2cnc(C(F)(F)F)nc2)CC12CCN(c1cnc3cnn(CC(F)F)c3n1)C2. The minimum atomic E-state index is -4.57. The van der Waals surface area contributed by atoms with Gasteiger partial charge in [-0.3, -0.25) is 0 Å². The van der Waals surface area contributed by atoms with Crippen LogP contribution in [-0.2, 0) is 12.7 Å². The molecule has 0 aromatic carbocycles. The van der Waals surface area contributed by atoms with Crippen LogP contribution in [0.5, 0.6) is 0 Å².